The molecule has 3 amide bonds. The number of para-hydroxylation sites is 1. The SMILES string of the molecule is CC(C)(C)OC(=O)NC(C)(C)C(=O)NC(Cc1c[nH]c2ccccc12)C(=O)N1CCC2(C=C(c3nn[nH]n3)c3ccccc32)CC1. The van der Waals surface area contributed by atoms with Crippen molar-refractivity contribution < 1.29 is 19.1 Å². The number of alkyl carbamates (subject to hydrolysis) is 1. The molecule has 4 N–H and O–H groups in total. The minimum absolute atomic E-state index is 0.171. The number of hydrogen-bond acceptors (Lipinski definition) is 7. The number of tetrazole rings is 1. The van der Waals surface area contributed by atoms with Crippen LogP contribution in [0, 0.1) is 0 Å². The van der Waals surface area contributed by atoms with Crippen LogP contribution in [0.25, 0.3) is 16.5 Å². The van der Waals surface area contributed by atoms with Crippen molar-refractivity contribution in [2.75, 3.05) is 13.1 Å². The van der Waals surface area contributed by atoms with Gasteiger partial charge in [0.25, 0.3) is 0 Å². The molecule has 0 radical (unpaired) electrons. The molecule has 240 valence electrons. The number of carbonyl (C=O) groups excluding carboxylic acids is 3. The van der Waals surface area contributed by atoms with E-state index in [0.717, 1.165) is 27.6 Å². The van der Waals surface area contributed by atoms with E-state index >= 15 is 0 Å². The fourth-order valence-corrected chi connectivity index (χ4v) is 6.48. The van der Waals surface area contributed by atoms with Gasteiger partial charge in [0.1, 0.15) is 17.2 Å². The van der Waals surface area contributed by atoms with Crippen LogP contribution in [0.5, 0.6) is 0 Å². The monoisotopic (exact) mass is 624 g/mol. The van der Waals surface area contributed by atoms with Gasteiger partial charge >= 0.3 is 6.09 Å². The zero-order valence-corrected chi connectivity index (χ0v) is 26.8. The van der Waals surface area contributed by atoms with E-state index in [9.17, 15) is 14.4 Å². The average Bonchev–Trinajstić information content (AvgIpc) is 3.75. The van der Waals surface area contributed by atoms with E-state index in [4.69, 9.17) is 4.74 Å². The molecule has 0 bridgehead atoms. The van der Waals surface area contributed by atoms with Crippen LogP contribution in [0.15, 0.2) is 60.8 Å². The highest BCUT2D eigenvalue weighted by Gasteiger charge is 2.44. The Kier molecular flexibility index (Phi) is 7.91. The fraction of sp³-hybridized carbons (Fsp3) is 0.412. The lowest BCUT2D eigenvalue weighted by Gasteiger charge is -2.40. The van der Waals surface area contributed by atoms with Crippen LogP contribution in [-0.2, 0) is 26.2 Å². The van der Waals surface area contributed by atoms with Gasteiger partial charge in [0.05, 0.1) is 0 Å². The molecular weight excluding hydrogens is 584 g/mol. The van der Waals surface area contributed by atoms with Crippen molar-refractivity contribution in [3.63, 3.8) is 0 Å². The summed E-state index contributed by atoms with van der Waals surface area (Å²) in [6.45, 7) is 9.45. The van der Waals surface area contributed by atoms with Crippen molar-refractivity contribution in [3.8, 4) is 0 Å². The molecule has 2 aromatic carbocycles. The Morgan fingerprint density at radius 3 is 2.46 bits per heavy atom. The summed E-state index contributed by atoms with van der Waals surface area (Å²) < 4.78 is 5.38. The molecule has 1 aliphatic heterocycles. The number of nitrogens with zero attached hydrogens (tertiary/aromatic N) is 4. The zero-order chi connectivity index (χ0) is 32.7. The molecule has 12 heteroatoms. The molecule has 2 aliphatic rings. The average molecular weight is 625 g/mol. The Hall–Kier alpha value is -5.00. The summed E-state index contributed by atoms with van der Waals surface area (Å²) in [6, 6.07) is 15.2. The van der Waals surface area contributed by atoms with Gasteiger partial charge in [0.2, 0.25) is 17.6 Å². The van der Waals surface area contributed by atoms with Gasteiger partial charge in [-0.05, 0) is 75.4 Å². The van der Waals surface area contributed by atoms with Gasteiger partial charge in [0, 0.05) is 47.6 Å². The third-order valence-electron chi connectivity index (χ3n) is 8.81. The highest BCUT2D eigenvalue weighted by atomic mass is 16.6. The van der Waals surface area contributed by atoms with E-state index in [-0.39, 0.29) is 17.7 Å². The number of nitrogens with one attached hydrogen (secondary N) is 4. The largest absolute Gasteiger partial charge is 0.444 e. The molecule has 4 aromatic rings. The second-order valence-electron chi connectivity index (χ2n) is 13.7. The van der Waals surface area contributed by atoms with Gasteiger partial charge in [-0.15, -0.1) is 10.2 Å². The standard InChI is InChI=1S/C34H40N8O4/c1-32(2,3)46-31(45)37-33(4,5)30(44)36-27(18-21-20-35-26-13-9-7-10-22(21)26)29(43)42-16-14-34(15-17-42)19-24(28-38-40-41-39-28)23-11-6-8-12-25(23)34/h6-13,19-20,27,35H,14-18H2,1-5H3,(H,36,44)(H,37,45)(H,38,39,40,41). The van der Waals surface area contributed by atoms with E-state index in [2.05, 4.69) is 54.5 Å². The lowest BCUT2D eigenvalue weighted by Crippen LogP contribution is -2.60. The molecule has 1 fully saturated rings. The van der Waals surface area contributed by atoms with Crippen molar-refractivity contribution >= 4 is 34.4 Å². The Balaban J connectivity index is 1.23. The molecule has 6 rings (SSSR count). The van der Waals surface area contributed by atoms with E-state index in [1.54, 1.807) is 34.6 Å². The lowest BCUT2D eigenvalue weighted by atomic mass is 9.74. The molecule has 12 nitrogen and oxygen atoms in total. The summed E-state index contributed by atoms with van der Waals surface area (Å²) in [5.41, 5.74) is 2.75. The first-order valence-corrected chi connectivity index (χ1v) is 15.6. The van der Waals surface area contributed by atoms with Crippen molar-refractivity contribution in [1.29, 1.82) is 0 Å². The number of piperidine rings is 1. The Bertz CT molecular complexity index is 1790. The number of aromatic nitrogens is 5. The Morgan fingerprint density at radius 1 is 1.02 bits per heavy atom. The number of hydrogen-bond donors (Lipinski definition) is 4. The maximum absolute atomic E-state index is 14.3. The van der Waals surface area contributed by atoms with Gasteiger partial charge < -0.3 is 25.3 Å². The number of likely N-dealkylation sites (tertiary alicyclic amines) is 1. The number of rotatable bonds is 7. The molecular formula is C34H40N8O4. The topological polar surface area (TPSA) is 158 Å². The number of fused-ring (bicyclic) bond motifs is 3. The van der Waals surface area contributed by atoms with Crippen LogP contribution < -0.4 is 10.6 Å². The summed E-state index contributed by atoms with van der Waals surface area (Å²) in [5.74, 6) is -0.107. The second kappa shape index (κ2) is 11.7. The molecule has 1 unspecified atom stereocenters. The second-order valence-corrected chi connectivity index (χ2v) is 13.7. The molecule has 2 aromatic heterocycles. The van der Waals surface area contributed by atoms with Gasteiger partial charge in [0.15, 0.2) is 0 Å². The molecule has 46 heavy (non-hydrogen) atoms. The van der Waals surface area contributed by atoms with Crippen LogP contribution in [0.4, 0.5) is 4.79 Å². The molecule has 1 atom stereocenters. The predicted molar refractivity (Wildman–Crippen MR) is 173 cm³/mol. The van der Waals surface area contributed by atoms with E-state index < -0.39 is 29.2 Å². The van der Waals surface area contributed by atoms with Crippen molar-refractivity contribution in [2.24, 2.45) is 0 Å². The van der Waals surface area contributed by atoms with Crippen molar-refractivity contribution in [3.05, 3.63) is 83.3 Å². The first-order chi connectivity index (χ1) is 21.9. The molecule has 1 spiro atoms. The first kappa shape index (κ1) is 31.0. The molecule has 3 heterocycles. The lowest BCUT2D eigenvalue weighted by molar-refractivity contribution is -0.138. The number of allylic oxidation sites excluding steroid dienone is 1. The van der Waals surface area contributed by atoms with E-state index in [1.165, 1.54) is 5.56 Å². The van der Waals surface area contributed by atoms with Crippen LogP contribution in [0.1, 0.15) is 70.0 Å². The normalized spacial score (nSPS) is 16.5. The van der Waals surface area contributed by atoms with Crippen LogP contribution in [0.3, 0.4) is 0 Å². The van der Waals surface area contributed by atoms with Gasteiger partial charge in [-0.2, -0.15) is 5.21 Å². The number of benzene rings is 2. The number of aromatic amines is 2. The maximum atomic E-state index is 14.3. The van der Waals surface area contributed by atoms with Gasteiger partial charge in [-0.25, -0.2) is 4.79 Å². The number of carbonyl (C=O) groups is 3. The van der Waals surface area contributed by atoms with E-state index in [1.807, 2.05) is 47.5 Å². The summed E-state index contributed by atoms with van der Waals surface area (Å²) in [7, 11) is 0. The zero-order valence-electron chi connectivity index (χ0n) is 26.8. The minimum atomic E-state index is -1.34. The fourth-order valence-electron chi connectivity index (χ4n) is 6.48. The number of H-pyrrole nitrogens is 2. The number of amides is 3. The maximum Gasteiger partial charge on any atom is 0.408 e. The van der Waals surface area contributed by atoms with Crippen LogP contribution in [-0.4, -0.2) is 78.7 Å². The van der Waals surface area contributed by atoms with Gasteiger partial charge in [-0.1, -0.05) is 48.5 Å². The third-order valence-corrected chi connectivity index (χ3v) is 8.81. The summed E-state index contributed by atoms with van der Waals surface area (Å²) in [5, 5.41) is 21.4. The summed E-state index contributed by atoms with van der Waals surface area (Å²) >= 11 is 0. The molecule has 1 aliphatic carbocycles. The summed E-state index contributed by atoms with van der Waals surface area (Å²) in [6.07, 6.45) is 5.09. The Labute approximate surface area is 267 Å². The highest BCUT2D eigenvalue weighted by Crippen LogP contribution is 2.48. The summed E-state index contributed by atoms with van der Waals surface area (Å²) in [4.78, 5) is 45.6. The van der Waals surface area contributed by atoms with Crippen LogP contribution >= 0.6 is 0 Å². The van der Waals surface area contributed by atoms with Crippen molar-refractivity contribution in [2.45, 2.75) is 76.5 Å². The van der Waals surface area contributed by atoms with Gasteiger partial charge in [-0.3, -0.25) is 9.59 Å². The van der Waals surface area contributed by atoms with E-state index in [0.29, 0.717) is 31.8 Å². The minimum Gasteiger partial charge on any atom is -0.444 e. The number of ether oxygens (including phenoxy) is 1. The first-order valence-electron chi connectivity index (χ1n) is 15.6. The molecule has 1 saturated heterocycles. The smallest absolute Gasteiger partial charge is 0.408 e. The predicted octanol–water partition coefficient (Wildman–Crippen LogP) is 4.02. The molecule has 0 saturated carbocycles. The Morgan fingerprint density at radius 2 is 1.74 bits per heavy atom. The highest BCUT2D eigenvalue weighted by molar-refractivity contribution is 5.94. The van der Waals surface area contributed by atoms with Crippen molar-refractivity contribution in [1.82, 2.24) is 41.1 Å². The third kappa shape index (κ3) is 6.11. The quantitative estimate of drug-likeness (QED) is 0.242. The van der Waals surface area contributed by atoms with Crippen LogP contribution in [0.2, 0.25) is 0 Å².